The summed E-state index contributed by atoms with van der Waals surface area (Å²) in [4.78, 5) is 0. The van der Waals surface area contributed by atoms with Crippen LogP contribution in [0.25, 0.3) is 0 Å². The normalized spacial score (nSPS) is 14.2. The highest BCUT2D eigenvalue weighted by Crippen LogP contribution is 2.12. The van der Waals surface area contributed by atoms with Crippen LogP contribution in [0.3, 0.4) is 0 Å². The Morgan fingerprint density at radius 2 is 2.42 bits per heavy atom. The second kappa shape index (κ2) is 4.61. The summed E-state index contributed by atoms with van der Waals surface area (Å²) in [5, 5.41) is 4.45. The largest absolute Gasteiger partial charge is 0.255 e. The number of hydrogen-bond donors (Lipinski definition) is 0. The quantitative estimate of drug-likeness (QED) is 0.657. The molecule has 0 N–H and O–H groups in total. The molecule has 0 aliphatic rings. The molecular formula is C9H17N2P. The van der Waals surface area contributed by atoms with E-state index < -0.39 is 0 Å². The van der Waals surface area contributed by atoms with Gasteiger partial charge < -0.3 is 0 Å². The second-order valence-corrected chi connectivity index (χ2v) is 4.10. The summed E-state index contributed by atoms with van der Waals surface area (Å²) in [6.07, 6.45) is 4.42. The molecule has 0 saturated heterocycles. The van der Waals surface area contributed by atoms with E-state index in [0.717, 1.165) is 21.1 Å². The molecule has 2 unspecified atom stereocenters. The maximum atomic E-state index is 4.45. The van der Waals surface area contributed by atoms with Crippen LogP contribution in [0.5, 0.6) is 0 Å². The number of nitrogens with zero attached hydrogens (tertiary/aromatic N) is 2. The van der Waals surface area contributed by atoms with Crippen molar-refractivity contribution >= 4 is 8.73 Å². The van der Waals surface area contributed by atoms with Gasteiger partial charge in [0.2, 0.25) is 0 Å². The van der Waals surface area contributed by atoms with E-state index in [1.165, 1.54) is 12.1 Å². The summed E-state index contributed by atoms with van der Waals surface area (Å²) in [6.45, 7) is 6.64. The van der Waals surface area contributed by atoms with Gasteiger partial charge in [-0.25, -0.2) is 0 Å². The molecule has 0 aromatic carbocycles. The first-order valence-electron chi connectivity index (χ1n) is 4.48. The van der Waals surface area contributed by atoms with E-state index in [0.29, 0.717) is 0 Å². The number of hydrogen-bond acceptors (Lipinski definition) is 1. The third-order valence-electron chi connectivity index (χ3n) is 2.13. The molecule has 12 heavy (non-hydrogen) atoms. The van der Waals surface area contributed by atoms with Gasteiger partial charge in [0.05, 0.1) is 5.69 Å². The van der Waals surface area contributed by atoms with Crippen LogP contribution in [0.4, 0.5) is 0 Å². The molecule has 2 nitrogen and oxygen atoms in total. The highest BCUT2D eigenvalue weighted by molar-refractivity contribution is 7.35. The van der Waals surface area contributed by atoms with Crippen LogP contribution < -0.4 is 0 Å². The lowest BCUT2D eigenvalue weighted by Gasteiger charge is -2.04. The Kier molecular flexibility index (Phi) is 3.74. The zero-order valence-corrected chi connectivity index (χ0v) is 9.04. The van der Waals surface area contributed by atoms with Gasteiger partial charge in [0, 0.05) is 6.20 Å². The fraction of sp³-hybridized carbons (Fsp3) is 0.667. The summed E-state index contributed by atoms with van der Waals surface area (Å²) in [7, 11) is 0.754. The minimum Gasteiger partial charge on any atom is -0.255 e. The summed E-state index contributed by atoms with van der Waals surface area (Å²) < 4.78 is 2.01. The van der Waals surface area contributed by atoms with E-state index in [1.54, 1.807) is 0 Å². The molecule has 1 rings (SSSR count). The summed E-state index contributed by atoms with van der Waals surface area (Å²) >= 11 is 0. The Morgan fingerprint density at radius 1 is 1.67 bits per heavy atom. The first-order valence-corrected chi connectivity index (χ1v) is 5.93. The van der Waals surface area contributed by atoms with Crippen molar-refractivity contribution in [3.05, 3.63) is 18.0 Å². The standard InChI is InChI=1S/C9H17N2P/c1-4-8(2)7-9-5-6-11(10-9)12-3/h5-6,8,12H,4,7H2,1-3H3. The second-order valence-electron chi connectivity index (χ2n) is 3.19. The summed E-state index contributed by atoms with van der Waals surface area (Å²) in [6, 6.07) is 2.13. The molecule has 0 amide bonds. The molecular weight excluding hydrogens is 167 g/mol. The van der Waals surface area contributed by atoms with Gasteiger partial charge >= 0.3 is 0 Å². The van der Waals surface area contributed by atoms with Crippen LogP contribution >= 0.6 is 8.73 Å². The Morgan fingerprint density at radius 3 is 2.92 bits per heavy atom. The molecule has 68 valence electrons. The summed E-state index contributed by atoms with van der Waals surface area (Å²) in [5.41, 5.74) is 1.23. The van der Waals surface area contributed by atoms with Gasteiger partial charge in [-0.15, -0.1) is 0 Å². The molecule has 0 aliphatic carbocycles. The first-order chi connectivity index (χ1) is 5.76. The van der Waals surface area contributed by atoms with Gasteiger partial charge in [-0.2, -0.15) is 5.10 Å². The molecule has 2 atom stereocenters. The summed E-state index contributed by atoms with van der Waals surface area (Å²) in [5.74, 6) is 0.758. The van der Waals surface area contributed by atoms with Crippen molar-refractivity contribution in [3.8, 4) is 0 Å². The molecule has 1 aromatic rings. The minimum atomic E-state index is 0.754. The average Bonchev–Trinajstić information content (AvgIpc) is 2.52. The first kappa shape index (κ1) is 9.73. The van der Waals surface area contributed by atoms with Crippen molar-refractivity contribution in [2.45, 2.75) is 26.7 Å². The molecule has 0 aliphatic heterocycles. The Hall–Kier alpha value is -0.360. The maximum Gasteiger partial charge on any atom is 0.0630 e. The SMILES string of the molecule is CCC(C)Cc1ccn(PC)n1. The van der Waals surface area contributed by atoms with E-state index in [4.69, 9.17) is 0 Å². The molecule has 1 aromatic heterocycles. The minimum absolute atomic E-state index is 0.754. The molecule has 0 bridgehead atoms. The van der Waals surface area contributed by atoms with Crippen LogP contribution in [0, 0.1) is 5.92 Å². The fourth-order valence-electron chi connectivity index (χ4n) is 1.10. The smallest absolute Gasteiger partial charge is 0.0630 e. The topological polar surface area (TPSA) is 17.8 Å². The monoisotopic (exact) mass is 184 g/mol. The van der Waals surface area contributed by atoms with Gasteiger partial charge in [0.15, 0.2) is 0 Å². The van der Waals surface area contributed by atoms with Crippen molar-refractivity contribution in [1.82, 2.24) is 9.55 Å². The maximum absolute atomic E-state index is 4.45. The van der Waals surface area contributed by atoms with Gasteiger partial charge in [-0.3, -0.25) is 4.45 Å². The van der Waals surface area contributed by atoms with E-state index in [9.17, 15) is 0 Å². The van der Waals surface area contributed by atoms with E-state index in [2.05, 4.69) is 37.9 Å². The highest BCUT2D eigenvalue weighted by atomic mass is 31.1. The zero-order valence-electron chi connectivity index (χ0n) is 8.04. The van der Waals surface area contributed by atoms with Crippen molar-refractivity contribution in [1.29, 1.82) is 0 Å². The number of rotatable bonds is 4. The predicted octanol–water partition coefficient (Wildman–Crippen LogP) is 2.54. The fourth-order valence-corrected chi connectivity index (χ4v) is 1.55. The Bertz CT molecular complexity index is 232. The third-order valence-corrected chi connectivity index (χ3v) is 2.84. The average molecular weight is 184 g/mol. The van der Waals surface area contributed by atoms with E-state index in [1.807, 2.05) is 4.45 Å². The van der Waals surface area contributed by atoms with E-state index >= 15 is 0 Å². The molecule has 3 heteroatoms. The zero-order chi connectivity index (χ0) is 8.97. The van der Waals surface area contributed by atoms with Crippen molar-refractivity contribution in [2.75, 3.05) is 6.66 Å². The third kappa shape index (κ3) is 2.60. The molecule has 0 fully saturated rings. The van der Waals surface area contributed by atoms with Crippen LogP contribution in [0.1, 0.15) is 26.0 Å². The lowest BCUT2D eigenvalue weighted by molar-refractivity contribution is 0.551. The predicted molar refractivity (Wildman–Crippen MR) is 55.0 cm³/mol. The molecule has 0 radical (unpaired) electrons. The molecule has 1 heterocycles. The van der Waals surface area contributed by atoms with Crippen LogP contribution in [0.2, 0.25) is 0 Å². The van der Waals surface area contributed by atoms with Gasteiger partial charge in [-0.1, -0.05) is 20.3 Å². The van der Waals surface area contributed by atoms with Gasteiger partial charge in [-0.05, 0) is 33.8 Å². The van der Waals surface area contributed by atoms with Crippen molar-refractivity contribution in [2.24, 2.45) is 5.92 Å². The van der Waals surface area contributed by atoms with Gasteiger partial charge in [0.1, 0.15) is 0 Å². The Labute approximate surface area is 76.2 Å². The molecule has 0 saturated carbocycles. The van der Waals surface area contributed by atoms with Crippen LogP contribution in [-0.4, -0.2) is 16.2 Å². The van der Waals surface area contributed by atoms with E-state index in [-0.39, 0.29) is 0 Å². The lowest BCUT2D eigenvalue weighted by Crippen LogP contribution is -1.98. The lowest BCUT2D eigenvalue weighted by atomic mass is 10.0. The van der Waals surface area contributed by atoms with Crippen molar-refractivity contribution < 1.29 is 0 Å². The van der Waals surface area contributed by atoms with Crippen LogP contribution in [-0.2, 0) is 6.42 Å². The van der Waals surface area contributed by atoms with Crippen LogP contribution in [0.15, 0.2) is 12.3 Å². The van der Waals surface area contributed by atoms with Gasteiger partial charge in [0.25, 0.3) is 0 Å². The number of aromatic nitrogens is 2. The van der Waals surface area contributed by atoms with Crippen molar-refractivity contribution in [3.63, 3.8) is 0 Å². The highest BCUT2D eigenvalue weighted by Gasteiger charge is 2.03. The Balaban J connectivity index is 2.52. The molecule has 0 spiro atoms.